The van der Waals surface area contributed by atoms with Crippen molar-refractivity contribution in [3.05, 3.63) is 35.0 Å². The Bertz CT molecular complexity index is 873. The van der Waals surface area contributed by atoms with Crippen LogP contribution in [0.3, 0.4) is 0 Å². The minimum Gasteiger partial charge on any atom is -0.443 e. The summed E-state index contributed by atoms with van der Waals surface area (Å²) in [6.07, 6.45) is -0.286. The molecule has 0 saturated carbocycles. The van der Waals surface area contributed by atoms with E-state index in [1.807, 2.05) is 0 Å². The molecule has 0 unspecified atom stereocenters. The molecular weight excluding hydrogens is 382 g/mol. The molecule has 0 atom stereocenters. The van der Waals surface area contributed by atoms with Crippen LogP contribution in [0.5, 0.6) is 0 Å². The Morgan fingerprint density at radius 1 is 1.00 bits per heavy atom. The van der Waals surface area contributed by atoms with Gasteiger partial charge in [0.05, 0.1) is 0 Å². The summed E-state index contributed by atoms with van der Waals surface area (Å²) < 4.78 is 10.8. The maximum Gasteiger partial charge on any atom is 0.425 e. The number of nitrogens with two attached hydrogens (primary N) is 1. The lowest BCUT2D eigenvalue weighted by atomic mass is 10.1. The number of amides is 2. The van der Waals surface area contributed by atoms with Crippen molar-refractivity contribution in [2.45, 2.75) is 59.3 Å². The Balaban J connectivity index is 2.66. The topological polar surface area (TPSA) is 94.8 Å². The van der Waals surface area contributed by atoms with Gasteiger partial charge in [0, 0.05) is 23.2 Å². The average molecular weight is 408 g/mol. The number of halogens is 1. The maximum atomic E-state index is 12.9. The van der Waals surface area contributed by atoms with E-state index in [-0.39, 0.29) is 12.4 Å². The van der Waals surface area contributed by atoms with Crippen molar-refractivity contribution in [2.24, 2.45) is 5.73 Å². The predicted molar refractivity (Wildman–Crippen MR) is 110 cm³/mol. The predicted octanol–water partition coefficient (Wildman–Crippen LogP) is 5.02. The smallest absolute Gasteiger partial charge is 0.425 e. The molecule has 1 aromatic carbocycles. The normalized spacial score (nSPS) is 12.0. The van der Waals surface area contributed by atoms with Crippen molar-refractivity contribution in [1.82, 2.24) is 4.98 Å². The zero-order valence-corrected chi connectivity index (χ0v) is 17.8. The Morgan fingerprint density at radius 2 is 1.54 bits per heavy atom. The molecule has 0 saturated heterocycles. The summed E-state index contributed by atoms with van der Waals surface area (Å²) in [5.74, 6) is 0.0902. The molecule has 2 aromatic rings. The minimum absolute atomic E-state index is 0.0902. The lowest BCUT2D eigenvalue weighted by Gasteiger charge is -2.28. The third kappa shape index (κ3) is 5.11. The monoisotopic (exact) mass is 407 g/mol. The number of carbonyl (C=O) groups is 2. The zero-order chi connectivity index (χ0) is 21.3. The van der Waals surface area contributed by atoms with Crippen molar-refractivity contribution in [3.8, 4) is 0 Å². The molecule has 2 amide bonds. The highest BCUT2D eigenvalue weighted by Gasteiger charge is 2.34. The van der Waals surface area contributed by atoms with Gasteiger partial charge in [-0.2, -0.15) is 4.90 Å². The number of anilines is 1. The molecule has 1 heterocycles. The molecule has 152 valence electrons. The van der Waals surface area contributed by atoms with E-state index < -0.39 is 23.4 Å². The second-order valence-electron chi connectivity index (χ2n) is 8.26. The van der Waals surface area contributed by atoms with Crippen molar-refractivity contribution < 1.29 is 19.1 Å². The molecule has 0 spiro atoms. The molecule has 2 rings (SSSR count). The molecule has 0 aliphatic carbocycles. The number of ether oxygens (including phenoxy) is 2. The summed E-state index contributed by atoms with van der Waals surface area (Å²) in [6.45, 7) is 10.4. The van der Waals surface area contributed by atoms with Crippen LogP contribution in [0.25, 0.3) is 10.8 Å². The van der Waals surface area contributed by atoms with Crippen LogP contribution in [0.15, 0.2) is 24.4 Å². The molecule has 2 N–H and O–H groups in total. The zero-order valence-electron chi connectivity index (χ0n) is 17.0. The maximum absolute atomic E-state index is 12.9. The second kappa shape index (κ2) is 7.93. The highest BCUT2D eigenvalue weighted by molar-refractivity contribution is 6.32. The van der Waals surface area contributed by atoms with Crippen LogP contribution >= 0.6 is 11.6 Å². The van der Waals surface area contributed by atoms with Gasteiger partial charge in [-0.05, 0) is 70.7 Å². The SMILES string of the molecule is CC(C)(C)OC(=O)N(C(=O)OC(C)(C)C)c1nccc2c(CN)c(Cl)ccc12. The van der Waals surface area contributed by atoms with Gasteiger partial charge in [0.1, 0.15) is 11.2 Å². The molecule has 0 fully saturated rings. The highest BCUT2D eigenvalue weighted by atomic mass is 35.5. The van der Waals surface area contributed by atoms with Crippen LogP contribution < -0.4 is 10.6 Å². The fraction of sp³-hybridized carbons (Fsp3) is 0.450. The van der Waals surface area contributed by atoms with Gasteiger partial charge in [0.15, 0.2) is 5.82 Å². The van der Waals surface area contributed by atoms with Crippen molar-refractivity contribution >= 4 is 40.4 Å². The van der Waals surface area contributed by atoms with Gasteiger partial charge in [0.2, 0.25) is 0 Å². The summed E-state index contributed by atoms with van der Waals surface area (Å²) in [5.41, 5.74) is 4.89. The molecular formula is C20H26ClN3O4. The molecule has 0 bridgehead atoms. The molecule has 8 heteroatoms. The number of aromatic nitrogens is 1. The lowest BCUT2D eigenvalue weighted by Crippen LogP contribution is -2.44. The number of pyridine rings is 1. The second-order valence-corrected chi connectivity index (χ2v) is 8.66. The van der Waals surface area contributed by atoms with Crippen LogP contribution in [0, 0.1) is 0 Å². The quantitative estimate of drug-likeness (QED) is 0.750. The number of carbonyl (C=O) groups excluding carboxylic acids is 2. The first-order chi connectivity index (χ1) is 12.8. The van der Waals surface area contributed by atoms with Crippen LogP contribution in [-0.2, 0) is 16.0 Å². The molecule has 1 aromatic heterocycles. The fourth-order valence-electron chi connectivity index (χ4n) is 2.52. The Hall–Kier alpha value is -2.38. The largest absolute Gasteiger partial charge is 0.443 e. The van der Waals surface area contributed by atoms with Crippen LogP contribution in [-0.4, -0.2) is 28.4 Å². The standard InChI is InChI=1S/C20H26ClN3O4/c1-19(2,3)27-17(25)24(18(26)28-20(4,5)6)16-13-7-8-15(21)14(11-22)12(13)9-10-23-16/h7-10H,11,22H2,1-6H3. The Labute approximate surface area is 169 Å². The summed E-state index contributed by atoms with van der Waals surface area (Å²) in [7, 11) is 0. The Morgan fingerprint density at radius 3 is 2.00 bits per heavy atom. The van der Waals surface area contributed by atoms with Crippen LogP contribution in [0.1, 0.15) is 47.1 Å². The first-order valence-corrected chi connectivity index (χ1v) is 9.24. The average Bonchev–Trinajstić information content (AvgIpc) is 2.51. The van der Waals surface area contributed by atoms with Crippen molar-refractivity contribution in [2.75, 3.05) is 4.90 Å². The van der Waals surface area contributed by atoms with E-state index in [2.05, 4.69) is 4.98 Å². The van der Waals surface area contributed by atoms with Crippen molar-refractivity contribution in [3.63, 3.8) is 0 Å². The number of fused-ring (bicyclic) bond motifs is 1. The van der Waals surface area contributed by atoms with E-state index in [0.717, 1.165) is 4.90 Å². The molecule has 28 heavy (non-hydrogen) atoms. The van der Waals surface area contributed by atoms with Gasteiger partial charge < -0.3 is 15.2 Å². The number of hydrogen-bond acceptors (Lipinski definition) is 6. The van der Waals surface area contributed by atoms with Gasteiger partial charge >= 0.3 is 12.2 Å². The van der Waals surface area contributed by atoms with Gasteiger partial charge in [-0.25, -0.2) is 14.6 Å². The number of imide groups is 1. The van der Waals surface area contributed by atoms with E-state index in [1.54, 1.807) is 59.7 Å². The fourth-order valence-corrected chi connectivity index (χ4v) is 2.77. The number of nitrogens with zero attached hydrogens (tertiary/aromatic N) is 2. The molecule has 0 aliphatic rings. The molecule has 0 aliphatic heterocycles. The van der Waals surface area contributed by atoms with Gasteiger partial charge in [0.25, 0.3) is 0 Å². The third-order valence-electron chi connectivity index (χ3n) is 3.55. The molecule has 7 nitrogen and oxygen atoms in total. The number of benzene rings is 1. The van der Waals surface area contributed by atoms with E-state index in [4.69, 9.17) is 26.8 Å². The Kier molecular flexibility index (Phi) is 6.21. The lowest BCUT2D eigenvalue weighted by molar-refractivity contribution is 0.0429. The van der Waals surface area contributed by atoms with Crippen LogP contribution in [0.4, 0.5) is 15.4 Å². The number of hydrogen-bond donors (Lipinski definition) is 1. The van der Waals surface area contributed by atoms with E-state index >= 15 is 0 Å². The van der Waals surface area contributed by atoms with E-state index in [0.29, 0.717) is 21.4 Å². The van der Waals surface area contributed by atoms with E-state index in [9.17, 15) is 9.59 Å². The minimum atomic E-state index is -0.883. The van der Waals surface area contributed by atoms with Gasteiger partial charge in [-0.3, -0.25) is 0 Å². The summed E-state index contributed by atoms with van der Waals surface area (Å²) in [5, 5.41) is 1.72. The van der Waals surface area contributed by atoms with Gasteiger partial charge in [-0.1, -0.05) is 11.6 Å². The molecule has 0 radical (unpaired) electrons. The van der Waals surface area contributed by atoms with Crippen LogP contribution in [0.2, 0.25) is 5.02 Å². The number of rotatable bonds is 2. The summed E-state index contributed by atoms with van der Waals surface area (Å²) in [6, 6.07) is 5.07. The summed E-state index contributed by atoms with van der Waals surface area (Å²) >= 11 is 6.24. The third-order valence-corrected chi connectivity index (χ3v) is 3.90. The first-order valence-electron chi connectivity index (χ1n) is 8.86. The van der Waals surface area contributed by atoms with E-state index in [1.165, 1.54) is 6.20 Å². The highest BCUT2D eigenvalue weighted by Crippen LogP contribution is 2.32. The van der Waals surface area contributed by atoms with Gasteiger partial charge in [-0.15, -0.1) is 0 Å². The van der Waals surface area contributed by atoms with Crippen molar-refractivity contribution in [1.29, 1.82) is 0 Å². The first kappa shape index (κ1) is 21.9. The summed E-state index contributed by atoms with van der Waals surface area (Å²) in [4.78, 5) is 30.8.